The van der Waals surface area contributed by atoms with Gasteiger partial charge in [0, 0.05) is 12.1 Å². The minimum atomic E-state index is -1.59. The zero-order chi connectivity index (χ0) is 18.1. The fourth-order valence-corrected chi connectivity index (χ4v) is 2.56. The molecule has 0 radical (unpaired) electrons. The lowest BCUT2D eigenvalue weighted by Crippen LogP contribution is -2.30. The Bertz CT molecular complexity index is 815. The van der Waals surface area contributed by atoms with E-state index in [4.69, 9.17) is 0 Å². The number of hydrogen-bond donors (Lipinski definition) is 0. The van der Waals surface area contributed by atoms with Gasteiger partial charge in [-0.1, -0.05) is 80.0 Å². The SMILES string of the molecule is C[Si](C)(C)C#CC(=O)N(CC#Cc1ccccc1)Cc1ccccc1. The Morgan fingerprint density at radius 3 is 2.16 bits per heavy atom. The third-order valence-electron chi connectivity index (χ3n) is 3.32. The first-order chi connectivity index (χ1) is 11.9. The molecule has 0 aliphatic heterocycles. The number of amides is 1. The molecular formula is C22H23NOSi. The Morgan fingerprint density at radius 2 is 1.56 bits per heavy atom. The van der Waals surface area contributed by atoms with Gasteiger partial charge in [0.15, 0.2) is 0 Å². The van der Waals surface area contributed by atoms with E-state index < -0.39 is 8.07 Å². The summed E-state index contributed by atoms with van der Waals surface area (Å²) in [5.74, 6) is 8.87. The third-order valence-corrected chi connectivity index (χ3v) is 4.20. The van der Waals surface area contributed by atoms with Crippen molar-refractivity contribution in [3.63, 3.8) is 0 Å². The average molecular weight is 346 g/mol. The van der Waals surface area contributed by atoms with Crippen LogP contribution in [0.15, 0.2) is 60.7 Å². The predicted molar refractivity (Wildman–Crippen MR) is 106 cm³/mol. The topological polar surface area (TPSA) is 20.3 Å². The highest BCUT2D eigenvalue weighted by atomic mass is 28.3. The van der Waals surface area contributed by atoms with Gasteiger partial charge in [-0.15, -0.1) is 5.54 Å². The van der Waals surface area contributed by atoms with Crippen molar-refractivity contribution in [3.8, 4) is 23.3 Å². The van der Waals surface area contributed by atoms with Crippen molar-refractivity contribution in [2.24, 2.45) is 0 Å². The molecule has 3 heteroatoms. The minimum absolute atomic E-state index is 0.159. The summed E-state index contributed by atoms with van der Waals surface area (Å²) in [4.78, 5) is 14.3. The summed E-state index contributed by atoms with van der Waals surface area (Å²) in [5.41, 5.74) is 5.17. The highest BCUT2D eigenvalue weighted by molar-refractivity contribution is 6.84. The zero-order valence-electron chi connectivity index (χ0n) is 15.0. The molecule has 0 bridgehead atoms. The molecule has 0 atom stereocenters. The van der Waals surface area contributed by atoms with E-state index in [1.807, 2.05) is 60.7 Å². The van der Waals surface area contributed by atoms with E-state index in [-0.39, 0.29) is 5.91 Å². The number of carbonyl (C=O) groups excluding carboxylic acids is 1. The normalized spacial score (nSPS) is 10.0. The number of nitrogens with zero attached hydrogens (tertiary/aromatic N) is 1. The van der Waals surface area contributed by atoms with Crippen LogP contribution in [0.2, 0.25) is 19.6 Å². The molecule has 0 saturated heterocycles. The van der Waals surface area contributed by atoms with E-state index >= 15 is 0 Å². The van der Waals surface area contributed by atoms with E-state index in [1.165, 1.54) is 0 Å². The fraction of sp³-hybridized carbons (Fsp3) is 0.227. The third kappa shape index (κ3) is 7.12. The van der Waals surface area contributed by atoms with Gasteiger partial charge in [0.25, 0.3) is 5.91 Å². The van der Waals surface area contributed by atoms with Gasteiger partial charge in [-0.2, -0.15) is 0 Å². The van der Waals surface area contributed by atoms with Gasteiger partial charge in [0.05, 0.1) is 6.54 Å². The van der Waals surface area contributed by atoms with Crippen molar-refractivity contribution < 1.29 is 4.79 Å². The van der Waals surface area contributed by atoms with Gasteiger partial charge in [-0.3, -0.25) is 4.79 Å². The standard InChI is InChI=1S/C22H23NOSi/c1-25(2,3)18-16-22(24)23(19-21-13-8-5-9-14-21)17-10-15-20-11-6-4-7-12-20/h4-9,11-14H,17,19H2,1-3H3. The Kier molecular flexibility index (Phi) is 6.63. The first-order valence-electron chi connectivity index (χ1n) is 8.34. The van der Waals surface area contributed by atoms with E-state index in [9.17, 15) is 4.79 Å². The molecule has 0 aliphatic carbocycles. The van der Waals surface area contributed by atoms with Gasteiger partial charge in [0.1, 0.15) is 8.07 Å². The summed E-state index contributed by atoms with van der Waals surface area (Å²) in [5, 5.41) is 0. The van der Waals surface area contributed by atoms with Gasteiger partial charge in [-0.05, 0) is 23.6 Å². The molecule has 0 heterocycles. The lowest BCUT2D eigenvalue weighted by atomic mass is 10.2. The smallest absolute Gasteiger partial charge is 0.298 e. The Hall–Kier alpha value is -2.75. The van der Waals surface area contributed by atoms with Crippen LogP contribution in [0.25, 0.3) is 0 Å². The van der Waals surface area contributed by atoms with Crippen LogP contribution in [-0.2, 0) is 11.3 Å². The maximum Gasteiger partial charge on any atom is 0.298 e. The minimum Gasteiger partial charge on any atom is -0.316 e. The molecule has 2 rings (SSSR count). The van der Waals surface area contributed by atoms with Crippen LogP contribution in [0.4, 0.5) is 0 Å². The fourth-order valence-electron chi connectivity index (χ4n) is 2.08. The summed E-state index contributed by atoms with van der Waals surface area (Å²) >= 11 is 0. The number of hydrogen-bond acceptors (Lipinski definition) is 1. The van der Waals surface area contributed by atoms with Gasteiger partial charge in [-0.25, -0.2) is 0 Å². The molecule has 0 spiro atoms. The predicted octanol–water partition coefficient (Wildman–Crippen LogP) is 3.95. The maximum absolute atomic E-state index is 12.5. The number of carbonyl (C=O) groups is 1. The van der Waals surface area contributed by atoms with Crippen molar-refractivity contribution in [1.82, 2.24) is 4.90 Å². The van der Waals surface area contributed by atoms with Crippen molar-refractivity contribution in [2.75, 3.05) is 6.54 Å². The van der Waals surface area contributed by atoms with Crippen LogP contribution in [0.1, 0.15) is 11.1 Å². The summed E-state index contributed by atoms with van der Waals surface area (Å²) in [6.45, 7) is 7.27. The second-order valence-corrected chi connectivity index (χ2v) is 11.6. The van der Waals surface area contributed by atoms with Crippen molar-refractivity contribution >= 4 is 14.0 Å². The maximum atomic E-state index is 12.5. The molecule has 0 aliphatic rings. The monoisotopic (exact) mass is 345 g/mol. The quantitative estimate of drug-likeness (QED) is 0.609. The molecule has 0 unspecified atom stereocenters. The molecule has 0 N–H and O–H groups in total. The van der Waals surface area contributed by atoms with Crippen LogP contribution in [0.5, 0.6) is 0 Å². The molecule has 0 fully saturated rings. The summed E-state index contributed by atoms with van der Waals surface area (Å²) in [6, 6.07) is 19.7. The molecule has 2 nitrogen and oxygen atoms in total. The molecular weight excluding hydrogens is 322 g/mol. The summed E-state index contributed by atoms with van der Waals surface area (Å²) < 4.78 is 0. The number of rotatable bonds is 3. The summed E-state index contributed by atoms with van der Waals surface area (Å²) in [6.07, 6.45) is 0. The second-order valence-electron chi connectivity index (χ2n) is 6.81. The van der Waals surface area contributed by atoms with Crippen LogP contribution in [-0.4, -0.2) is 25.4 Å². The molecule has 25 heavy (non-hydrogen) atoms. The summed E-state index contributed by atoms with van der Waals surface area (Å²) in [7, 11) is -1.59. The van der Waals surface area contributed by atoms with Gasteiger partial charge >= 0.3 is 0 Å². The molecule has 0 saturated carbocycles. The first-order valence-corrected chi connectivity index (χ1v) is 11.8. The van der Waals surface area contributed by atoms with Gasteiger partial charge < -0.3 is 4.90 Å². The van der Waals surface area contributed by atoms with Crippen LogP contribution in [0, 0.1) is 23.3 Å². The van der Waals surface area contributed by atoms with E-state index in [0.717, 1.165) is 11.1 Å². The molecule has 2 aromatic rings. The van der Waals surface area contributed by atoms with Crippen LogP contribution < -0.4 is 0 Å². The Balaban J connectivity index is 2.15. The van der Waals surface area contributed by atoms with Crippen LogP contribution >= 0.6 is 0 Å². The lowest BCUT2D eigenvalue weighted by molar-refractivity contribution is -0.125. The highest BCUT2D eigenvalue weighted by Crippen LogP contribution is 2.05. The Labute approximate surface area is 151 Å². The lowest BCUT2D eigenvalue weighted by Gasteiger charge is -2.17. The van der Waals surface area contributed by atoms with E-state index in [1.54, 1.807) is 4.90 Å². The molecule has 2 aromatic carbocycles. The average Bonchev–Trinajstić information content (AvgIpc) is 2.60. The van der Waals surface area contributed by atoms with Crippen molar-refractivity contribution in [1.29, 1.82) is 0 Å². The molecule has 1 amide bonds. The largest absolute Gasteiger partial charge is 0.316 e. The zero-order valence-corrected chi connectivity index (χ0v) is 16.0. The first kappa shape index (κ1) is 18.6. The molecule has 126 valence electrons. The van der Waals surface area contributed by atoms with Crippen molar-refractivity contribution in [3.05, 3.63) is 71.8 Å². The van der Waals surface area contributed by atoms with Crippen molar-refractivity contribution in [2.45, 2.75) is 26.2 Å². The van der Waals surface area contributed by atoms with Gasteiger partial charge in [0.2, 0.25) is 0 Å². The van der Waals surface area contributed by atoms with E-state index in [2.05, 4.69) is 42.9 Å². The number of benzene rings is 2. The highest BCUT2D eigenvalue weighted by Gasteiger charge is 2.13. The Morgan fingerprint density at radius 1 is 0.960 bits per heavy atom. The second kappa shape index (κ2) is 8.92. The molecule has 0 aromatic heterocycles. The van der Waals surface area contributed by atoms with E-state index in [0.29, 0.717) is 13.1 Å². The van der Waals surface area contributed by atoms with Crippen LogP contribution in [0.3, 0.4) is 0 Å².